The van der Waals surface area contributed by atoms with E-state index in [4.69, 9.17) is 4.74 Å². The van der Waals surface area contributed by atoms with Crippen molar-refractivity contribution in [3.63, 3.8) is 0 Å². The van der Waals surface area contributed by atoms with Gasteiger partial charge in [0.1, 0.15) is 0 Å². The van der Waals surface area contributed by atoms with E-state index in [0.717, 1.165) is 25.2 Å². The molecule has 0 saturated carbocycles. The van der Waals surface area contributed by atoms with E-state index in [2.05, 4.69) is 24.1 Å². The molecule has 0 radical (unpaired) electrons. The van der Waals surface area contributed by atoms with Gasteiger partial charge in [-0.25, -0.2) is 0 Å². The van der Waals surface area contributed by atoms with Crippen LogP contribution >= 0.6 is 0 Å². The molecule has 3 atom stereocenters. The highest BCUT2D eigenvalue weighted by atomic mass is 16.5. The molecule has 1 aliphatic heterocycles. The lowest BCUT2D eigenvalue weighted by Crippen LogP contribution is -2.46. The molecular weight excluding hydrogens is 188 g/mol. The van der Waals surface area contributed by atoms with E-state index < -0.39 is 0 Å². The molecular formula is C12H26N2O. The Morgan fingerprint density at radius 3 is 2.73 bits per heavy atom. The van der Waals surface area contributed by atoms with E-state index in [1.807, 2.05) is 7.05 Å². The number of likely N-dealkylation sites (tertiary alicyclic amines) is 1. The summed E-state index contributed by atoms with van der Waals surface area (Å²) in [6, 6.07) is 1.99. The van der Waals surface area contributed by atoms with Gasteiger partial charge in [-0.15, -0.1) is 0 Å². The van der Waals surface area contributed by atoms with Crippen molar-refractivity contribution in [3.8, 4) is 0 Å². The topological polar surface area (TPSA) is 24.5 Å². The summed E-state index contributed by atoms with van der Waals surface area (Å²) in [5, 5.41) is 3.33. The van der Waals surface area contributed by atoms with Gasteiger partial charge in [0.05, 0.1) is 6.61 Å². The quantitative estimate of drug-likeness (QED) is 0.725. The summed E-state index contributed by atoms with van der Waals surface area (Å²) in [5.74, 6) is 0. The van der Waals surface area contributed by atoms with Crippen molar-refractivity contribution in [1.29, 1.82) is 0 Å². The average molecular weight is 214 g/mol. The molecule has 1 saturated heterocycles. The van der Waals surface area contributed by atoms with E-state index in [0.29, 0.717) is 6.04 Å². The van der Waals surface area contributed by atoms with Crippen molar-refractivity contribution in [2.75, 3.05) is 27.3 Å². The van der Waals surface area contributed by atoms with E-state index in [1.165, 1.54) is 19.3 Å². The number of likely N-dealkylation sites (N-methyl/N-ethyl adjacent to an activating group) is 1. The molecule has 0 bridgehead atoms. The summed E-state index contributed by atoms with van der Waals surface area (Å²) in [5.41, 5.74) is 0. The van der Waals surface area contributed by atoms with Gasteiger partial charge in [0.15, 0.2) is 0 Å². The molecule has 1 aliphatic rings. The fraction of sp³-hybridized carbons (Fsp3) is 1.00. The minimum Gasteiger partial charge on any atom is -0.383 e. The zero-order valence-electron chi connectivity index (χ0n) is 10.6. The second kappa shape index (κ2) is 6.46. The number of nitrogens with zero attached hydrogens (tertiary/aromatic N) is 1. The van der Waals surface area contributed by atoms with Gasteiger partial charge in [-0.05, 0) is 33.2 Å². The van der Waals surface area contributed by atoms with E-state index >= 15 is 0 Å². The molecule has 90 valence electrons. The Kier molecular flexibility index (Phi) is 5.58. The number of hydrogen-bond donors (Lipinski definition) is 1. The SMILES string of the molecule is CCC1CCC(C)N1CC(COC)NC. The van der Waals surface area contributed by atoms with Crippen molar-refractivity contribution < 1.29 is 4.74 Å². The standard InChI is InChI=1S/C12H26N2O/c1-5-12-7-6-10(2)14(12)8-11(13-3)9-15-4/h10-13H,5-9H2,1-4H3. The van der Waals surface area contributed by atoms with Crippen LogP contribution in [0.25, 0.3) is 0 Å². The lowest BCUT2D eigenvalue weighted by Gasteiger charge is -2.31. The first-order chi connectivity index (χ1) is 7.22. The fourth-order valence-electron chi connectivity index (χ4n) is 2.58. The molecule has 3 unspecified atom stereocenters. The van der Waals surface area contributed by atoms with Crippen molar-refractivity contribution in [1.82, 2.24) is 10.2 Å². The third-order valence-electron chi connectivity index (χ3n) is 3.63. The average Bonchev–Trinajstić information content (AvgIpc) is 2.59. The predicted molar refractivity (Wildman–Crippen MR) is 64.2 cm³/mol. The minimum absolute atomic E-state index is 0.463. The summed E-state index contributed by atoms with van der Waals surface area (Å²) in [6.07, 6.45) is 3.98. The molecule has 0 spiro atoms. The van der Waals surface area contributed by atoms with Gasteiger partial charge in [-0.3, -0.25) is 4.90 Å². The smallest absolute Gasteiger partial charge is 0.0628 e. The predicted octanol–water partition coefficient (Wildman–Crippen LogP) is 1.48. The molecule has 1 N–H and O–H groups in total. The van der Waals surface area contributed by atoms with Crippen molar-refractivity contribution in [2.45, 2.75) is 51.2 Å². The molecule has 1 rings (SSSR count). The second-order valence-corrected chi connectivity index (χ2v) is 4.63. The Bertz CT molecular complexity index is 175. The normalized spacial score (nSPS) is 29.6. The van der Waals surface area contributed by atoms with Crippen LogP contribution in [-0.2, 0) is 4.74 Å². The van der Waals surface area contributed by atoms with Crippen LogP contribution in [0, 0.1) is 0 Å². The number of ether oxygens (including phenoxy) is 1. The monoisotopic (exact) mass is 214 g/mol. The Hall–Kier alpha value is -0.120. The van der Waals surface area contributed by atoms with E-state index in [9.17, 15) is 0 Å². The summed E-state index contributed by atoms with van der Waals surface area (Å²) in [6.45, 7) is 6.55. The molecule has 1 heterocycles. The van der Waals surface area contributed by atoms with Gasteiger partial charge in [-0.1, -0.05) is 6.92 Å². The van der Waals surface area contributed by atoms with Gasteiger partial charge in [0.25, 0.3) is 0 Å². The summed E-state index contributed by atoms with van der Waals surface area (Å²) in [7, 11) is 3.79. The third-order valence-corrected chi connectivity index (χ3v) is 3.63. The Morgan fingerprint density at radius 2 is 2.20 bits per heavy atom. The molecule has 3 heteroatoms. The largest absolute Gasteiger partial charge is 0.383 e. The maximum absolute atomic E-state index is 5.22. The second-order valence-electron chi connectivity index (χ2n) is 4.63. The van der Waals surface area contributed by atoms with Gasteiger partial charge in [-0.2, -0.15) is 0 Å². The van der Waals surface area contributed by atoms with Gasteiger partial charge in [0.2, 0.25) is 0 Å². The first-order valence-electron chi connectivity index (χ1n) is 6.14. The Balaban J connectivity index is 2.45. The molecule has 0 aromatic rings. The number of methoxy groups -OCH3 is 1. The summed E-state index contributed by atoms with van der Waals surface area (Å²) >= 11 is 0. The maximum Gasteiger partial charge on any atom is 0.0628 e. The van der Waals surface area contributed by atoms with Crippen LogP contribution in [0.15, 0.2) is 0 Å². The van der Waals surface area contributed by atoms with Crippen LogP contribution in [-0.4, -0.2) is 50.3 Å². The van der Waals surface area contributed by atoms with Crippen LogP contribution in [0.3, 0.4) is 0 Å². The minimum atomic E-state index is 0.463. The van der Waals surface area contributed by atoms with Crippen LogP contribution < -0.4 is 5.32 Å². The van der Waals surface area contributed by atoms with Crippen LogP contribution in [0.1, 0.15) is 33.1 Å². The molecule has 3 nitrogen and oxygen atoms in total. The van der Waals surface area contributed by atoms with Crippen molar-refractivity contribution in [3.05, 3.63) is 0 Å². The Labute approximate surface area is 94.2 Å². The van der Waals surface area contributed by atoms with E-state index in [1.54, 1.807) is 7.11 Å². The number of rotatable bonds is 6. The summed E-state index contributed by atoms with van der Waals surface area (Å²) < 4.78 is 5.22. The third kappa shape index (κ3) is 3.44. The maximum atomic E-state index is 5.22. The molecule has 0 aromatic carbocycles. The van der Waals surface area contributed by atoms with E-state index in [-0.39, 0.29) is 0 Å². The van der Waals surface area contributed by atoms with Crippen LogP contribution in [0.5, 0.6) is 0 Å². The highest BCUT2D eigenvalue weighted by Gasteiger charge is 2.30. The molecule has 15 heavy (non-hydrogen) atoms. The van der Waals surface area contributed by atoms with Crippen molar-refractivity contribution in [2.24, 2.45) is 0 Å². The first kappa shape index (κ1) is 12.9. The van der Waals surface area contributed by atoms with Gasteiger partial charge >= 0.3 is 0 Å². The zero-order valence-corrected chi connectivity index (χ0v) is 10.6. The summed E-state index contributed by atoms with van der Waals surface area (Å²) in [4.78, 5) is 2.64. The Morgan fingerprint density at radius 1 is 1.47 bits per heavy atom. The van der Waals surface area contributed by atoms with Crippen LogP contribution in [0.2, 0.25) is 0 Å². The lowest BCUT2D eigenvalue weighted by atomic mass is 10.1. The number of hydrogen-bond acceptors (Lipinski definition) is 3. The van der Waals surface area contributed by atoms with Gasteiger partial charge in [0, 0.05) is 31.8 Å². The van der Waals surface area contributed by atoms with Crippen LogP contribution in [0.4, 0.5) is 0 Å². The molecule has 0 aromatic heterocycles. The zero-order chi connectivity index (χ0) is 11.3. The number of nitrogens with one attached hydrogen (secondary N) is 1. The molecule has 1 fully saturated rings. The lowest BCUT2D eigenvalue weighted by molar-refractivity contribution is 0.120. The molecule has 0 amide bonds. The van der Waals surface area contributed by atoms with Crippen molar-refractivity contribution >= 4 is 0 Å². The van der Waals surface area contributed by atoms with Gasteiger partial charge < -0.3 is 10.1 Å². The highest BCUT2D eigenvalue weighted by molar-refractivity contribution is 4.86. The fourth-order valence-corrected chi connectivity index (χ4v) is 2.58. The molecule has 0 aliphatic carbocycles. The highest BCUT2D eigenvalue weighted by Crippen LogP contribution is 2.25. The first-order valence-corrected chi connectivity index (χ1v) is 6.14.